The van der Waals surface area contributed by atoms with Gasteiger partial charge in [0, 0.05) is 17.8 Å². The van der Waals surface area contributed by atoms with Gasteiger partial charge in [-0.3, -0.25) is 9.59 Å². The van der Waals surface area contributed by atoms with E-state index in [9.17, 15) is 9.59 Å². The normalized spacial score (nSPS) is 24.1. The molecule has 20 heavy (non-hydrogen) atoms. The number of carboxylic acids is 1. The lowest BCUT2D eigenvalue weighted by Crippen LogP contribution is -2.38. The Morgan fingerprint density at radius 2 is 2.10 bits per heavy atom. The number of carbonyl (C=O) groups is 2. The molecule has 0 radical (unpaired) electrons. The second-order valence-electron chi connectivity index (χ2n) is 5.54. The third kappa shape index (κ3) is 3.20. The molecule has 2 rings (SSSR count). The van der Waals surface area contributed by atoms with Crippen LogP contribution in [0.4, 0.5) is 0 Å². The van der Waals surface area contributed by atoms with Gasteiger partial charge < -0.3 is 10.0 Å². The maximum atomic E-state index is 12.5. The van der Waals surface area contributed by atoms with E-state index in [0.717, 1.165) is 17.7 Å². The molecule has 110 valence electrons. The van der Waals surface area contributed by atoms with E-state index in [-0.39, 0.29) is 23.8 Å². The third-order valence-corrected chi connectivity index (χ3v) is 5.30. The van der Waals surface area contributed by atoms with E-state index in [1.54, 1.807) is 16.2 Å². The number of nitrogens with zero attached hydrogens (tertiary/aromatic N) is 1. The fourth-order valence-corrected chi connectivity index (χ4v) is 3.66. The highest BCUT2D eigenvalue weighted by Crippen LogP contribution is 2.32. The first kappa shape index (κ1) is 15.0. The molecule has 1 fully saturated rings. The Hall–Kier alpha value is -1.36. The summed E-state index contributed by atoms with van der Waals surface area (Å²) in [6.07, 6.45) is 2.82. The highest BCUT2D eigenvalue weighted by Gasteiger charge is 2.33. The number of carbonyl (C=O) groups excluding carboxylic acids is 1. The lowest BCUT2D eigenvalue weighted by molar-refractivity contribution is -0.145. The van der Waals surface area contributed by atoms with Crippen LogP contribution in [0.1, 0.15) is 43.5 Å². The molecule has 1 amide bonds. The summed E-state index contributed by atoms with van der Waals surface area (Å²) in [6.45, 7) is 2.02. The SMILES string of the molecule is C[C@H](c1cccs1)N(C)C(=O)[C@H]1CCC[C@@H](C(=O)O)C1. The first-order valence-electron chi connectivity index (χ1n) is 7.03. The zero-order valence-corrected chi connectivity index (χ0v) is 12.7. The molecule has 5 heteroatoms. The number of hydrogen-bond acceptors (Lipinski definition) is 3. The van der Waals surface area contributed by atoms with E-state index in [0.29, 0.717) is 12.8 Å². The van der Waals surface area contributed by atoms with Gasteiger partial charge in [0.05, 0.1) is 12.0 Å². The van der Waals surface area contributed by atoms with Crippen LogP contribution in [0.2, 0.25) is 0 Å². The van der Waals surface area contributed by atoms with Gasteiger partial charge >= 0.3 is 5.97 Å². The zero-order valence-electron chi connectivity index (χ0n) is 11.9. The minimum Gasteiger partial charge on any atom is -0.481 e. The van der Waals surface area contributed by atoms with Gasteiger partial charge in [0.2, 0.25) is 5.91 Å². The van der Waals surface area contributed by atoms with Crippen LogP contribution in [0.5, 0.6) is 0 Å². The first-order chi connectivity index (χ1) is 9.50. The van der Waals surface area contributed by atoms with Crippen molar-refractivity contribution in [2.24, 2.45) is 11.8 Å². The summed E-state index contributed by atoms with van der Waals surface area (Å²) in [6, 6.07) is 4.06. The van der Waals surface area contributed by atoms with Crippen LogP contribution in [0, 0.1) is 11.8 Å². The van der Waals surface area contributed by atoms with Crippen LogP contribution < -0.4 is 0 Å². The number of thiophene rings is 1. The molecule has 1 saturated carbocycles. The number of rotatable bonds is 4. The van der Waals surface area contributed by atoms with Crippen LogP contribution in [-0.2, 0) is 9.59 Å². The van der Waals surface area contributed by atoms with Crippen LogP contribution in [0.15, 0.2) is 17.5 Å². The summed E-state index contributed by atoms with van der Waals surface area (Å²) in [7, 11) is 1.82. The summed E-state index contributed by atoms with van der Waals surface area (Å²) in [5.41, 5.74) is 0. The van der Waals surface area contributed by atoms with E-state index < -0.39 is 5.97 Å². The predicted molar refractivity (Wildman–Crippen MR) is 78.6 cm³/mol. The Balaban J connectivity index is 2.01. The van der Waals surface area contributed by atoms with E-state index in [1.165, 1.54) is 0 Å². The number of hydrogen-bond donors (Lipinski definition) is 1. The van der Waals surface area contributed by atoms with Crippen molar-refractivity contribution in [3.63, 3.8) is 0 Å². The van der Waals surface area contributed by atoms with Crippen molar-refractivity contribution >= 4 is 23.2 Å². The summed E-state index contributed by atoms with van der Waals surface area (Å²) in [5.74, 6) is -1.19. The Labute approximate surface area is 123 Å². The largest absolute Gasteiger partial charge is 0.481 e. The van der Waals surface area contributed by atoms with E-state index >= 15 is 0 Å². The van der Waals surface area contributed by atoms with Gasteiger partial charge in [-0.05, 0) is 37.6 Å². The molecule has 1 heterocycles. The molecule has 1 aromatic heterocycles. The quantitative estimate of drug-likeness (QED) is 0.928. The van der Waals surface area contributed by atoms with Crippen molar-refractivity contribution in [2.45, 2.75) is 38.6 Å². The fourth-order valence-electron chi connectivity index (χ4n) is 2.84. The maximum Gasteiger partial charge on any atom is 0.306 e. The molecule has 1 aromatic rings. The Morgan fingerprint density at radius 1 is 1.40 bits per heavy atom. The average Bonchev–Trinajstić information content (AvgIpc) is 2.99. The summed E-state index contributed by atoms with van der Waals surface area (Å²) in [4.78, 5) is 26.6. The van der Waals surface area contributed by atoms with E-state index in [2.05, 4.69) is 0 Å². The summed E-state index contributed by atoms with van der Waals surface area (Å²) < 4.78 is 0. The maximum absolute atomic E-state index is 12.5. The summed E-state index contributed by atoms with van der Waals surface area (Å²) in [5, 5.41) is 11.1. The second kappa shape index (κ2) is 6.39. The van der Waals surface area contributed by atoms with Gasteiger partial charge in [0.15, 0.2) is 0 Å². The monoisotopic (exact) mass is 295 g/mol. The van der Waals surface area contributed by atoms with Crippen molar-refractivity contribution in [1.82, 2.24) is 4.90 Å². The Bertz CT molecular complexity index is 471. The molecule has 1 aliphatic rings. The number of aliphatic carboxylic acids is 1. The Kier molecular flexibility index (Phi) is 4.81. The molecule has 0 aromatic carbocycles. The van der Waals surface area contributed by atoms with Crippen LogP contribution >= 0.6 is 11.3 Å². The van der Waals surface area contributed by atoms with Crippen molar-refractivity contribution in [1.29, 1.82) is 0 Å². The minimum atomic E-state index is -0.767. The highest BCUT2D eigenvalue weighted by molar-refractivity contribution is 7.10. The zero-order chi connectivity index (χ0) is 14.7. The van der Waals surface area contributed by atoms with Gasteiger partial charge in [0.1, 0.15) is 0 Å². The fraction of sp³-hybridized carbons (Fsp3) is 0.600. The molecule has 0 unspecified atom stereocenters. The van der Waals surface area contributed by atoms with Crippen LogP contribution in [0.25, 0.3) is 0 Å². The van der Waals surface area contributed by atoms with E-state index in [4.69, 9.17) is 5.11 Å². The van der Waals surface area contributed by atoms with Crippen LogP contribution in [-0.4, -0.2) is 28.9 Å². The molecule has 4 nitrogen and oxygen atoms in total. The predicted octanol–water partition coefficient (Wildman–Crippen LogP) is 3.16. The molecular weight excluding hydrogens is 274 g/mol. The van der Waals surface area contributed by atoms with Gasteiger partial charge in [-0.25, -0.2) is 0 Å². The lowest BCUT2D eigenvalue weighted by Gasteiger charge is -2.32. The first-order valence-corrected chi connectivity index (χ1v) is 7.91. The smallest absolute Gasteiger partial charge is 0.306 e. The van der Waals surface area contributed by atoms with Crippen LogP contribution in [0.3, 0.4) is 0 Å². The van der Waals surface area contributed by atoms with Crippen molar-refractivity contribution in [3.8, 4) is 0 Å². The van der Waals surface area contributed by atoms with Gasteiger partial charge in [-0.15, -0.1) is 11.3 Å². The molecule has 0 saturated heterocycles. The lowest BCUT2D eigenvalue weighted by atomic mass is 9.80. The molecule has 1 aliphatic carbocycles. The Morgan fingerprint density at radius 3 is 2.70 bits per heavy atom. The molecular formula is C15H21NO3S. The van der Waals surface area contributed by atoms with Crippen molar-refractivity contribution in [3.05, 3.63) is 22.4 Å². The minimum absolute atomic E-state index is 0.0488. The number of carboxylic acid groups (broad SMARTS) is 1. The molecule has 0 aliphatic heterocycles. The van der Waals surface area contributed by atoms with Gasteiger partial charge in [0.25, 0.3) is 0 Å². The van der Waals surface area contributed by atoms with Gasteiger partial charge in [-0.1, -0.05) is 12.5 Å². The van der Waals surface area contributed by atoms with E-state index in [1.807, 2.05) is 31.5 Å². The van der Waals surface area contributed by atoms with Crippen molar-refractivity contribution < 1.29 is 14.7 Å². The van der Waals surface area contributed by atoms with Gasteiger partial charge in [-0.2, -0.15) is 0 Å². The molecule has 3 atom stereocenters. The molecule has 0 bridgehead atoms. The average molecular weight is 295 g/mol. The second-order valence-corrected chi connectivity index (χ2v) is 6.52. The molecule has 1 N–H and O–H groups in total. The highest BCUT2D eigenvalue weighted by atomic mass is 32.1. The molecule has 0 spiro atoms. The van der Waals surface area contributed by atoms with Crippen molar-refractivity contribution in [2.75, 3.05) is 7.05 Å². The standard InChI is InChI=1S/C15H21NO3S/c1-10(13-7-4-8-20-13)16(2)14(17)11-5-3-6-12(9-11)15(18)19/h4,7-8,10-12H,3,5-6,9H2,1-2H3,(H,18,19)/t10-,11+,12-/m1/s1. The topological polar surface area (TPSA) is 57.6 Å². The number of amides is 1. The summed E-state index contributed by atoms with van der Waals surface area (Å²) >= 11 is 1.64. The third-order valence-electron chi connectivity index (χ3n) is 4.26.